The lowest BCUT2D eigenvalue weighted by Gasteiger charge is -2.16. The number of fused-ring (bicyclic) bond motifs is 1. The second-order valence-electron chi connectivity index (χ2n) is 6.55. The van der Waals surface area contributed by atoms with Crippen molar-refractivity contribution >= 4 is 11.6 Å². The van der Waals surface area contributed by atoms with Crippen molar-refractivity contribution in [2.24, 2.45) is 0 Å². The Kier molecular flexibility index (Phi) is 4.57. The van der Waals surface area contributed by atoms with Crippen LogP contribution in [-0.2, 0) is 4.79 Å². The van der Waals surface area contributed by atoms with Gasteiger partial charge in [0.2, 0.25) is 12.7 Å². The minimum atomic E-state index is -0.777. The third kappa shape index (κ3) is 3.34. The van der Waals surface area contributed by atoms with E-state index in [1.165, 1.54) is 10.7 Å². The van der Waals surface area contributed by atoms with E-state index >= 15 is 0 Å². The summed E-state index contributed by atoms with van der Waals surface area (Å²) in [7, 11) is 0. The summed E-state index contributed by atoms with van der Waals surface area (Å²) in [6.45, 7) is 3.73. The zero-order valence-electron chi connectivity index (χ0n) is 15.5. The number of aryl methyl sites for hydroxylation is 1. The predicted molar refractivity (Wildman–Crippen MR) is 105 cm³/mol. The van der Waals surface area contributed by atoms with Gasteiger partial charge in [0.1, 0.15) is 6.04 Å². The van der Waals surface area contributed by atoms with Gasteiger partial charge in [0.25, 0.3) is 5.56 Å². The number of rotatable bonds is 4. The maximum absolute atomic E-state index is 12.7. The van der Waals surface area contributed by atoms with Crippen LogP contribution in [0.25, 0.3) is 11.3 Å². The molecule has 1 amide bonds. The van der Waals surface area contributed by atoms with Crippen molar-refractivity contribution in [1.29, 1.82) is 0 Å². The fourth-order valence-corrected chi connectivity index (χ4v) is 2.97. The van der Waals surface area contributed by atoms with Gasteiger partial charge in [-0.1, -0.05) is 18.2 Å². The van der Waals surface area contributed by atoms with Gasteiger partial charge in [0.15, 0.2) is 11.5 Å². The first-order valence-electron chi connectivity index (χ1n) is 8.89. The fourth-order valence-electron chi connectivity index (χ4n) is 2.97. The van der Waals surface area contributed by atoms with Gasteiger partial charge in [0.05, 0.1) is 5.69 Å². The predicted octanol–water partition coefficient (Wildman–Crippen LogP) is 3.15. The normalized spacial score (nSPS) is 13.2. The highest BCUT2D eigenvalue weighted by Crippen LogP contribution is 2.35. The Hall–Kier alpha value is -3.61. The van der Waals surface area contributed by atoms with Crippen LogP contribution in [0.4, 0.5) is 5.69 Å². The number of carbonyl (C=O) groups is 1. The molecule has 142 valence electrons. The molecule has 0 radical (unpaired) electrons. The Morgan fingerprint density at radius 2 is 1.89 bits per heavy atom. The summed E-state index contributed by atoms with van der Waals surface area (Å²) >= 11 is 0. The van der Waals surface area contributed by atoms with Crippen LogP contribution in [-0.4, -0.2) is 22.5 Å². The zero-order valence-corrected chi connectivity index (χ0v) is 15.5. The molecule has 1 unspecified atom stereocenters. The summed E-state index contributed by atoms with van der Waals surface area (Å²) in [4.78, 5) is 25.0. The summed E-state index contributed by atoms with van der Waals surface area (Å²) < 4.78 is 11.9. The Bertz CT molecular complexity index is 1110. The minimum absolute atomic E-state index is 0.182. The van der Waals surface area contributed by atoms with Gasteiger partial charge in [-0.3, -0.25) is 9.59 Å². The van der Waals surface area contributed by atoms with Crippen LogP contribution >= 0.6 is 0 Å². The molecule has 1 aliphatic heterocycles. The fraction of sp³-hybridized carbons (Fsp3) is 0.190. The second-order valence-corrected chi connectivity index (χ2v) is 6.55. The van der Waals surface area contributed by atoms with Crippen LogP contribution < -0.4 is 20.3 Å². The molecule has 0 fully saturated rings. The van der Waals surface area contributed by atoms with Crippen molar-refractivity contribution in [2.75, 3.05) is 12.1 Å². The zero-order chi connectivity index (χ0) is 19.7. The molecule has 28 heavy (non-hydrogen) atoms. The van der Waals surface area contributed by atoms with Crippen molar-refractivity contribution in [1.82, 2.24) is 9.78 Å². The third-order valence-electron chi connectivity index (χ3n) is 4.64. The van der Waals surface area contributed by atoms with Crippen LogP contribution in [0, 0.1) is 6.92 Å². The van der Waals surface area contributed by atoms with Crippen molar-refractivity contribution in [3.63, 3.8) is 0 Å². The van der Waals surface area contributed by atoms with E-state index in [0.29, 0.717) is 22.9 Å². The SMILES string of the molecule is Cc1ccccc1NC(=O)C(C)n1nc(-c2ccc3c(c2)OCO3)ccc1=O. The highest BCUT2D eigenvalue weighted by Gasteiger charge is 2.20. The molecule has 0 bridgehead atoms. The number of ether oxygens (including phenoxy) is 2. The summed E-state index contributed by atoms with van der Waals surface area (Å²) in [5.41, 5.74) is 2.63. The van der Waals surface area contributed by atoms with Gasteiger partial charge in [-0.2, -0.15) is 5.10 Å². The first-order chi connectivity index (χ1) is 13.5. The largest absolute Gasteiger partial charge is 0.454 e. The van der Waals surface area contributed by atoms with E-state index < -0.39 is 6.04 Å². The average molecular weight is 377 g/mol. The number of amides is 1. The molecule has 0 saturated heterocycles. The number of benzene rings is 2. The highest BCUT2D eigenvalue weighted by molar-refractivity contribution is 5.94. The lowest BCUT2D eigenvalue weighted by atomic mass is 10.1. The van der Waals surface area contributed by atoms with E-state index in [2.05, 4.69) is 10.4 Å². The van der Waals surface area contributed by atoms with E-state index in [9.17, 15) is 9.59 Å². The minimum Gasteiger partial charge on any atom is -0.454 e. The monoisotopic (exact) mass is 377 g/mol. The van der Waals surface area contributed by atoms with Crippen molar-refractivity contribution < 1.29 is 14.3 Å². The average Bonchev–Trinajstić information content (AvgIpc) is 3.17. The van der Waals surface area contributed by atoms with Gasteiger partial charge in [-0.25, -0.2) is 4.68 Å². The number of aromatic nitrogens is 2. The third-order valence-corrected chi connectivity index (χ3v) is 4.64. The molecule has 7 heteroatoms. The number of carbonyl (C=O) groups excluding carboxylic acids is 1. The quantitative estimate of drug-likeness (QED) is 0.755. The highest BCUT2D eigenvalue weighted by atomic mass is 16.7. The number of nitrogens with zero attached hydrogens (tertiary/aromatic N) is 2. The van der Waals surface area contributed by atoms with Gasteiger partial charge < -0.3 is 14.8 Å². The van der Waals surface area contributed by atoms with Gasteiger partial charge in [-0.15, -0.1) is 0 Å². The maximum Gasteiger partial charge on any atom is 0.267 e. The van der Waals surface area contributed by atoms with Crippen LogP contribution in [0.5, 0.6) is 11.5 Å². The van der Waals surface area contributed by atoms with Crippen LogP contribution in [0.1, 0.15) is 18.5 Å². The van der Waals surface area contributed by atoms with Crippen LogP contribution in [0.3, 0.4) is 0 Å². The Balaban J connectivity index is 1.62. The molecule has 7 nitrogen and oxygen atoms in total. The van der Waals surface area contributed by atoms with Gasteiger partial charge in [-0.05, 0) is 49.7 Å². The van der Waals surface area contributed by atoms with E-state index in [-0.39, 0.29) is 18.3 Å². The smallest absolute Gasteiger partial charge is 0.267 e. The Morgan fingerprint density at radius 1 is 1.11 bits per heavy atom. The Labute approximate surface area is 161 Å². The van der Waals surface area contributed by atoms with Crippen molar-refractivity contribution in [3.05, 3.63) is 70.5 Å². The van der Waals surface area contributed by atoms with Crippen molar-refractivity contribution in [2.45, 2.75) is 19.9 Å². The van der Waals surface area contributed by atoms with E-state index in [4.69, 9.17) is 9.47 Å². The first-order valence-corrected chi connectivity index (χ1v) is 8.89. The number of nitrogens with one attached hydrogen (secondary N) is 1. The molecule has 0 saturated carbocycles. The number of hydrogen-bond donors (Lipinski definition) is 1. The molecule has 1 aliphatic rings. The molecule has 4 rings (SSSR count). The molecule has 2 aromatic carbocycles. The van der Waals surface area contributed by atoms with Gasteiger partial charge >= 0.3 is 0 Å². The summed E-state index contributed by atoms with van der Waals surface area (Å²) in [6.07, 6.45) is 0. The second kappa shape index (κ2) is 7.19. The number of hydrogen-bond acceptors (Lipinski definition) is 5. The maximum atomic E-state index is 12.7. The molecule has 1 atom stereocenters. The molecule has 0 aliphatic carbocycles. The number of anilines is 1. The topological polar surface area (TPSA) is 82.5 Å². The molecule has 2 heterocycles. The van der Waals surface area contributed by atoms with E-state index in [1.54, 1.807) is 25.1 Å². The Morgan fingerprint density at radius 3 is 2.71 bits per heavy atom. The lowest BCUT2D eigenvalue weighted by Crippen LogP contribution is -2.33. The molecular weight excluding hydrogens is 358 g/mol. The van der Waals surface area contributed by atoms with Gasteiger partial charge in [0, 0.05) is 17.3 Å². The molecule has 1 aromatic heterocycles. The van der Waals surface area contributed by atoms with E-state index in [1.807, 2.05) is 37.3 Å². The van der Waals surface area contributed by atoms with Crippen LogP contribution in [0.2, 0.25) is 0 Å². The van der Waals surface area contributed by atoms with Crippen molar-refractivity contribution in [3.8, 4) is 22.8 Å². The van der Waals surface area contributed by atoms with Crippen LogP contribution in [0.15, 0.2) is 59.4 Å². The molecule has 1 N–H and O–H groups in total. The summed E-state index contributed by atoms with van der Waals surface area (Å²) in [6, 6.07) is 15.2. The molecule has 3 aromatic rings. The standard InChI is InChI=1S/C21H19N3O4/c1-13-5-3-4-6-16(13)22-21(26)14(2)24-20(25)10-8-17(23-24)15-7-9-18-19(11-15)28-12-27-18/h3-11,14H,12H2,1-2H3,(H,22,26). The summed E-state index contributed by atoms with van der Waals surface area (Å²) in [5, 5.41) is 7.25. The number of para-hydroxylation sites is 1. The molecular formula is C21H19N3O4. The van der Waals surface area contributed by atoms with E-state index in [0.717, 1.165) is 11.1 Å². The first kappa shape index (κ1) is 17.8. The lowest BCUT2D eigenvalue weighted by molar-refractivity contribution is -0.119. The summed E-state index contributed by atoms with van der Waals surface area (Å²) in [5.74, 6) is 0.983. The molecule has 0 spiro atoms.